The van der Waals surface area contributed by atoms with Gasteiger partial charge < -0.3 is 15.2 Å². The topological polar surface area (TPSA) is 61.5 Å². The van der Waals surface area contributed by atoms with Crippen LogP contribution in [0.5, 0.6) is 5.75 Å². The third kappa shape index (κ3) is 4.65. The van der Waals surface area contributed by atoms with Crippen molar-refractivity contribution in [3.05, 3.63) is 60.2 Å². The van der Waals surface area contributed by atoms with Crippen LogP contribution in [0.2, 0.25) is 0 Å². The third-order valence-corrected chi connectivity index (χ3v) is 2.70. The Kier molecular flexibility index (Phi) is 5.00. The first kappa shape index (κ1) is 13.9. The number of anilines is 1. The lowest BCUT2D eigenvalue weighted by Crippen LogP contribution is -2.09. The van der Waals surface area contributed by atoms with Crippen molar-refractivity contribution in [3.8, 4) is 5.75 Å². The van der Waals surface area contributed by atoms with Crippen molar-refractivity contribution < 1.29 is 14.3 Å². The number of hydrogen-bond donors (Lipinski definition) is 1. The van der Waals surface area contributed by atoms with Crippen LogP contribution in [0.3, 0.4) is 0 Å². The van der Waals surface area contributed by atoms with Gasteiger partial charge in [0, 0.05) is 5.69 Å². The van der Waals surface area contributed by atoms with Crippen LogP contribution in [-0.2, 0) is 16.1 Å². The Morgan fingerprint density at radius 3 is 2.40 bits per heavy atom. The molecule has 0 fully saturated rings. The third-order valence-electron chi connectivity index (χ3n) is 2.70. The van der Waals surface area contributed by atoms with Crippen LogP contribution in [-0.4, -0.2) is 12.6 Å². The Bertz CT molecular complexity index is 537. The summed E-state index contributed by atoms with van der Waals surface area (Å²) in [4.78, 5) is 11.5. The lowest BCUT2D eigenvalue weighted by atomic mass is 10.2. The van der Waals surface area contributed by atoms with Crippen molar-refractivity contribution in [2.45, 2.75) is 13.0 Å². The van der Waals surface area contributed by atoms with E-state index in [1.54, 1.807) is 24.3 Å². The van der Waals surface area contributed by atoms with Gasteiger partial charge in [0.2, 0.25) is 0 Å². The van der Waals surface area contributed by atoms with E-state index < -0.39 is 0 Å². The van der Waals surface area contributed by atoms with Gasteiger partial charge in [0.05, 0.1) is 13.0 Å². The summed E-state index contributed by atoms with van der Waals surface area (Å²) >= 11 is 0. The number of ether oxygens (including phenoxy) is 2. The maximum atomic E-state index is 11.5. The van der Waals surface area contributed by atoms with Crippen LogP contribution < -0.4 is 10.5 Å². The van der Waals surface area contributed by atoms with E-state index in [1.807, 2.05) is 30.3 Å². The number of benzene rings is 2. The standard InChI is InChI=1S/C16H17NO3/c17-14-6-8-15(9-7-14)19-11-10-16(18)20-12-13-4-2-1-3-5-13/h1-9H,10-12,17H2. The van der Waals surface area contributed by atoms with Crippen molar-refractivity contribution in [1.29, 1.82) is 0 Å². The summed E-state index contributed by atoms with van der Waals surface area (Å²) in [6.45, 7) is 0.582. The highest BCUT2D eigenvalue weighted by atomic mass is 16.5. The second-order valence-corrected chi connectivity index (χ2v) is 4.31. The van der Waals surface area contributed by atoms with Crippen molar-refractivity contribution in [3.63, 3.8) is 0 Å². The first-order chi connectivity index (χ1) is 9.74. The van der Waals surface area contributed by atoms with Gasteiger partial charge in [0.1, 0.15) is 12.4 Å². The van der Waals surface area contributed by atoms with Crippen molar-refractivity contribution in [2.75, 3.05) is 12.3 Å². The van der Waals surface area contributed by atoms with E-state index in [0.29, 0.717) is 18.0 Å². The highest BCUT2D eigenvalue weighted by molar-refractivity contribution is 5.69. The molecular weight excluding hydrogens is 254 g/mol. The average molecular weight is 271 g/mol. The second-order valence-electron chi connectivity index (χ2n) is 4.31. The van der Waals surface area contributed by atoms with Gasteiger partial charge in [-0.3, -0.25) is 4.79 Å². The number of nitrogen functional groups attached to an aromatic ring is 1. The molecule has 4 heteroatoms. The molecule has 0 saturated carbocycles. The van der Waals surface area contributed by atoms with Crippen LogP contribution in [0, 0.1) is 0 Å². The van der Waals surface area contributed by atoms with E-state index in [-0.39, 0.29) is 19.0 Å². The van der Waals surface area contributed by atoms with Crippen molar-refractivity contribution >= 4 is 11.7 Å². The molecular formula is C16H17NO3. The largest absolute Gasteiger partial charge is 0.493 e. The van der Waals surface area contributed by atoms with Crippen LogP contribution in [0.15, 0.2) is 54.6 Å². The molecule has 2 aromatic rings. The van der Waals surface area contributed by atoms with Gasteiger partial charge >= 0.3 is 5.97 Å². The number of hydrogen-bond acceptors (Lipinski definition) is 4. The molecule has 0 aliphatic carbocycles. The van der Waals surface area contributed by atoms with E-state index in [9.17, 15) is 4.79 Å². The normalized spacial score (nSPS) is 10.0. The molecule has 0 unspecified atom stereocenters. The Hall–Kier alpha value is -2.49. The maximum Gasteiger partial charge on any atom is 0.309 e. The molecule has 0 aliphatic heterocycles. The summed E-state index contributed by atoms with van der Waals surface area (Å²) in [5.41, 5.74) is 7.22. The first-order valence-electron chi connectivity index (χ1n) is 6.42. The Balaban J connectivity index is 1.66. The summed E-state index contributed by atoms with van der Waals surface area (Å²) in [7, 11) is 0. The van der Waals surface area contributed by atoms with Gasteiger partial charge in [-0.15, -0.1) is 0 Å². The highest BCUT2D eigenvalue weighted by Crippen LogP contribution is 2.13. The predicted molar refractivity (Wildman–Crippen MR) is 77.2 cm³/mol. The Labute approximate surface area is 118 Å². The summed E-state index contributed by atoms with van der Waals surface area (Å²) < 4.78 is 10.6. The summed E-state index contributed by atoms with van der Waals surface area (Å²) in [6, 6.07) is 16.6. The maximum absolute atomic E-state index is 11.5. The SMILES string of the molecule is Nc1ccc(OCCC(=O)OCc2ccccc2)cc1. The Morgan fingerprint density at radius 1 is 1.00 bits per heavy atom. The molecule has 0 spiro atoms. The smallest absolute Gasteiger partial charge is 0.309 e. The molecule has 104 valence electrons. The van der Waals surface area contributed by atoms with Gasteiger partial charge in [-0.25, -0.2) is 0 Å². The van der Waals surface area contributed by atoms with Gasteiger partial charge in [0.15, 0.2) is 0 Å². The van der Waals surface area contributed by atoms with Crippen molar-refractivity contribution in [2.24, 2.45) is 0 Å². The van der Waals surface area contributed by atoms with Crippen LogP contribution in [0.25, 0.3) is 0 Å². The van der Waals surface area contributed by atoms with Gasteiger partial charge in [-0.1, -0.05) is 30.3 Å². The molecule has 0 atom stereocenters. The lowest BCUT2D eigenvalue weighted by molar-refractivity contribution is -0.145. The quantitative estimate of drug-likeness (QED) is 0.648. The van der Waals surface area contributed by atoms with Crippen LogP contribution in [0.4, 0.5) is 5.69 Å². The van der Waals surface area contributed by atoms with Crippen LogP contribution >= 0.6 is 0 Å². The zero-order valence-electron chi connectivity index (χ0n) is 11.1. The number of nitrogens with two attached hydrogens (primary N) is 1. The summed E-state index contributed by atoms with van der Waals surface area (Å²) in [5.74, 6) is 0.416. The van der Waals surface area contributed by atoms with Gasteiger partial charge in [-0.2, -0.15) is 0 Å². The molecule has 2 rings (SSSR count). The van der Waals surface area contributed by atoms with Gasteiger partial charge in [-0.05, 0) is 29.8 Å². The first-order valence-corrected chi connectivity index (χ1v) is 6.42. The van der Waals surface area contributed by atoms with Crippen LogP contribution in [0.1, 0.15) is 12.0 Å². The molecule has 0 radical (unpaired) electrons. The second kappa shape index (κ2) is 7.19. The minimum Gasteiger partial charge on any atom is -0.493 e. The van der Waals surface area contributed by atoms with E-state index in [0.717, 1.165) is 5.56 Å². The van der Waals surface area contributed by atoms with E-state index in [2.05, 4.69) is 0 Å². The molecule has 2 aromatic carbocycles. The molecule has 20 heavy (non-hydrogen) atoms. The lowest BCUT2D eigenvalue weighted by Gasteiger charge is -2.07. The van der Waals surface area contributed by atoms with E-state index >= 15 is 0 Å². The molecule has 4 nitrogen and oxygen atoms in total. The molecule has 2 N–H and O–H groups in total. The predicted octanol–water partition coefficient (Wildman–Crippen LogP) is 2.78. The monoisotopic (exact) mass is 271 g/mol. The number of carbonyl (C=O) groups is 1. The zero-order valence-corrected chi connectivity index (χ0v) is 11.1. The zero-order chi connectivity index (χ0) is 14.2. The average Bonchev–Trinajstić information content (AvgIpc) is 2.48. The molecule has 0 amide bonds. The summed E-state index contributed by atoms with van der Waals surface area (Å²) in [6.07, 6.45) is 0.219. The highest BCUT2D eigenvalue weighted by Gasteiger charge is 2.04. The Morgan fingerprint density at radius 2 is 1.70 bits per heavy atom. The number of carbonyl (C=O) groups excluding carboxylic acids is 1. The minimum atomic E-state index is -0.274. The number of rotatable bonds is 6. The fraction of sp³-hybridized carbons (Fsp3) is 0.188. The molecule has 0 aliphatic rings. The van der Waals surface area contributed by atoms with E-state index in [1.165, 1.54) is 0 Å². The fourth-order valence-electron chi connectivity index (χ4n) is 1.63. The minimum absolute atomic E-state index is 0.219. The molecule has 0 aromatic heterocycles. The number of esters is 1. The van der Waals surface area contributed by atoms with Crippen molar-refractivity contribution in [1.82, 2.24) is 0 Å². The molecule has 0 saturated heterocycles. The molecule has 0 bridgehead atoms. The summed E-state index contributed by atoms with van der Waals surface area (Å²) in [5, 5.41) is 0. The van der Waals surface area contributed by atoms with E-state index in [4.69, 9.17) is 15.2 Å². The van der Waals surface area contributed by atoms with Gasteiger partial charge in [0.25, 0.3) is 0 Å². The fourth-order valence-corrected chi connectivity index (χ4v) is 1.63. The molecule has 0 heterocycles.